The van der Waals surface area contributed by atoms with Gasteiger partial charge >= 0.3 is 0 Å². The summed E-state index contributed by atoms with van der Waals surface area (Å²) in [6, 6.07) is 4.75. The first kappa shape index (κ1) is 27.9. The monoisotopic (exact) mass is 488 g/mol. The molecule has 2 aromatic carbocycles. The van der Waals surface area contributed by atoms with Gasteiger partial charge in [0.15, 0.2) is 0 Å². The lowest BCUT2D eigenvalue weighted by Gasteiger charge is -2.46. The third-order valence-corrected chi connectivity index (χ3v) is 5.65. The number of hydrogen-bond donors (Lipinski definition) is 6. The second-order valence-corrected chi connectivity index (χ2v) is 8.65. The van der Waals surface area contributed by atoms with E-state index in [1.165, 1.54) is 6.92 Å². The van der Waals surface area contributed by atoms with Gasteiger partial charge in [-0.3, -0.25) is 0 Å². The molecule has 0 aliphatic rings. The van der Waals surface area contributed by atoms with E-state index in [1.807, 2.05) is 0 Å². The summed E-state index contributed by atoms with van der Waals surface area (Å²) < 4.78 is 55.3. The molecule has 0 aliphatic carbocycles. The minimum absolute atomic E-state index is 0.253. The summed E-state index contributed by atoms with van der Waals surface area (Å²) in [6.45, 7) is 4.01. The highest BCUT2D eigenvalue weighted by Crippen LogP contribution is 2.36. The Kier molecular flexibility index (Phi) is 8.98. The Morgan fingerprint density at radius 2 is 1.35 bits per heavy atom. The van der Waals surface area contributed by atoms with Crippen molar-refractivity contribution >= 4 is 0 Å². The van der Waals surface area contributed by atoms with Gasteiger partial charge in [0.1, 0.15) is 52.8 Å². The van der Waals surface area contributed by atoms with Crippen LogP contribution in [0, 0.1) is 23.3 Å². The van der Waals surface area contributed by atoms with Crippen molar-refractivity contribution in [3.05, 3.63) is 82.9 Å². The van der Waals surface area contributed by atoms with Crippen molar-refractivity contribution in [2.24, 2.45) is 0 Å². The van der Waals surface area contributed by atoms with Crippen LogP contribution < -0.4 is 0 Å². The molecule has 1 unspecified atom stereocenters. The second kappa shape index (κ2) is 10.9. The van der Waals surface area contributed by atoms with E-state index in [-0.39, 0.29) is 11.1 Å². The van der Waals surface area contributed by atoms with Crippen LogP contribution in [-0.4, -0.2) is 66.8 Å². The van der Waals surface area contributed by atoms with Gasteiger partial charge in [0.05, 0.1) is 6.61 Å². The Hall–Kier alpha value is -2.34. The lowest BCUT2D eigenvalue weighted by Crippen LogP contribution is -2.66. The normalized spacial score (nSPS) is 18.0. The number of benzene rings is 2. The average molecular weight is 488 g/mol. The molecule has 6 nitrogen and oxygen atoms in total. The molecule has 0 aliphatic heterocycles. The highest BCUT2D eigenvalue weighted by Gasteiger charge is 2.54. The summed E-state index contributed by atoms with van der Waals surface area (Å²) in [5.74, 6) is -4.04. The van der Waals surface area contributed by atoms with Crippen LogP contribution in [0.1, 0.15) is 24.5 Å². The number of halogens is 4. The Morgan fingerprint density at radius 1 is 0.882 bits per heavy atom. The maximum atomic E-state index is 14.3. The van der Waals surface area contributed by atoms with E-state index in [2.05, 4.69) is 6.58 Å². The van der Waals surface area contributed by atoms with Crippen molar-refractivity contribution in [2.45, 2.75) is 55.7 Å². The maximum absolute atomic E-state index is 14.3. The fourth-order valence-corrected chi connectivity index (χ4v) is 4.00. The minimum atomic E-state index is -2.93. The summed E-state index contributed by atoms with van der Waals surface area (Å²) >= 11 is 0. The molecule has 5 atom stereocenters. The highest BCUT2D eigenvalue weighted by molar-refractivity contribution is 5.26. The second-order valence-electron chi connectivity index (χ2n) is 8.65. The fraction of sp³-hybridized carbons (Fsp3) is 0.417. The van der Waals surface area contributed by atoms with Gasteiger partial charge in [-0.15, -0.1) is 6.58 Å². The molecule has 0 radical (unpaired) electrons. The molecule has 34 heavy (non-hydrogen) atoms. The Morgan fingerprint density at radius 3 is 1.76 bits per heavy atom. The average Bonchev–Trinajstić information content (AvgIpc) is 2.75. The van der Waals surface area contributed by atoms with E-state index in [0.29, 0.717) is 12.1 Å². The number of aliphatic hydroxyl groups is 6. The highest BCUT2D eigenvalue weighted by atomic mass is 19.1. The van der Waals surface area contributed by atoms with E-state index in [0.717, 1.165) is 24.3 Å². The summed E-state index contributed by atoms with van der Waals surface area (Å²) in [7, 11) is 0. The van der Waals surface area contributed by atoms with Crippen molar-refractivity contribution in [1.29, 1.82) is 0 Å². The zero-order chi connectivity index (χ0) is 25.8. The molecule has 2 aromatic rings. The van der Waals surface area contributed by atoms with Gasteiger partial charge in [-0.2, -0.15) is 0 Å². The van der Waals surface area contributed by atoms with Crippen LogP contribution >= 0.6 is 0 Å². The van der Waals surface area contributed by atoms with Gasteiger partial charge in [-0.25, -0.2) is 17.6 Å². The van der Waals surface area contributed by atoms with Crippen molar-refractivity contribution in [2.75, 3.05) is 6.61 Å². The topological polar surface area (TPSA) is 121 Å². The third kappa shape index (κ3) is 6.21. The molecule has 0 saturated carbocycles. The fourth-order valence-electron chi connectivity index (χ4n) is 4.00. The van der Waals surface area contributed by atoms with Crippen molar-refractivity contribution in [3.63, 3.8) is 0 Å². The summed E-state index contributed by atoms with van der Waals surface area (Å²) in [4.78, 5) is 0. The number of rotatable bonds is 11. The van der Waals surface area contributed by atoms with Crippen LogP contribution in [0.3, 0.4) is 0 Å². The van der Waals surface area contributed by atoms with Crippen LogP contribution in [0.4, 0.5) is 17.6 Å². The predicted octanol–water partition coefficient (Wildman–Crippen LogP) is 1.53. The first-order valence-electron chi connectivity index (χ1n) is 10.4. The molecule has 0 bridgehead atoms. The zero-order valence-electron chi connectivity index (χ0n) is 18.4. The van der Waals surface area contributed by atoms with E-state index < -0.39 is 84.2 Å². The lowest BCUT2D eigenvalue weighted by atomic mass is 9.71. The van der Waals surface area contributed by atoms with E-state index in [1.54, 1.807) is 0 Å². The first-order chi connectivity index (χ1) is 15.7. The maximum Gasteiger partial charge on any atom is 0.129 e. The molecule has 0 heterocycles. The van der Waals surface area contributed by atoms with Crippen LogP contribution in [0.2, 0.25) is 0 Å². The lowest BCUT2D eigenvalue weighted by molar-refractivity contribution is -0.228. The zero-order valence-corrected chi connectivity index (χ0v) is 18.4. The molecular weight excluding hydrogens is 460 g/mol. The van der Waals surface area contributed by atoms with Crippen molar-refractivity contribution in [3.8, 4) is 0 Å². The van der Waals surface area contributed by atoms with Gasteiger partial charge in [0.25, 0.3) is 0 Å². The van der Waals surface area contributed by atoms with Crippen molar-refractivity contribution < 1.29 is 48.2 Å². The molecule has 6 N–H and O–H groups in total. The quantitative estimate of drug-likeness (QED) is 0.211. The molecule has 0 spiro atoms. The van der Waals surface area contributed by atoms with Crippen LogP contribution in [0.15, 0.2) is 48.6 Å². The third-order valence-electron chi connectivity index (χ3n) is 5.65. The molecule has 10 heteroatoms. The predicted molar refractivity (Wildman–Crippen MR) is 115 cm³/mol. The largest absolute Gasteiger partial charge is 0.394 e. The number of hydrogen-bond acceptors (Lipinski definition) is 6. The molecule has 0 saturated heterocycles. The summed E-state index contributed by atoms with van der Waals surface area (Å²) in [5.41, 5.74) is -5.78. The first-order valence-corrected chi connectivity index (χ1v) is 10.4. The summed E-state index contributed by atoms with van der Waals surface area (Å²) in [5, 5.41) is 63.8. The summed E-state index contributed by atoms with van der Waals surface area (Å²) in [6.07, 6.45) is -8.89. The van der Waals surface area contributed by atoms with Crippen LogP contribution in [0.25, 0.3) is 0 Å². The van der Waals surface area contributed by atoms with Crippen LogP contribution in [0.5, 0.6) is 0 Å². The molecule has 0 amide bonds. The van der Waals surface area contributed by atoms with Gasteiger partial charge in [0.2, 0.25) is 0 Å². The standard InChI is InChI=1S/C24H28F4O6/c1-13(2)9-23(33,10-14-3-5-16(25)7-18(14)27)22(32)24(34,21(31)20(30)12-29)11-15-4-6-17(26)8-19(15)28/h3-8,20-22,29-34H,1,9-12H2,2H3/t20-,21+,22+,23?,24+/m0/s1. The molecule has 2 rings (SSSR count). The molecule has 0 aromatic heterocycles. The van der Waals surface area contributed by atoms with Gasteiger partial charge in [-0.1, -0.05) is 17.7 Å². The Bertz CT molecular complexity index is 1020. The van der Waals surface area contributed by atoms with E-state index in [9.17, 15) is 48.2 Å². The number of aliphatic hydroxyl groups excluding tert-OH is 4. The minimum Gasteiger partial charge on any atom is -0.394 e. The van der Waals surface area contributed by atoms with Gasteiger partial charge in [-0.05, 0) is 36.6 Å². The van der Waals surface area contributed by atoms with E-state index in [4.69, 9.17) is 0 Å². The van der Waals surface area contributed by atoms with Gasteiger partial charge < -0.3 is 30.6 Å². The molecular formula is C24H28F4O6. The molecule has 188 valence electrons. The Labute approximate surface area is 194 Å². The van der Waals surface area contributed by atoms with Gasteiger partial charge in [0, 0.05) is 25.0 Å². The Balaban J connectivity index is 2.60. The van der Waals surface area contributed by atoms with Crippen LogP contribution in [-0.2, 0) is 12.8 Å². The smallest absolute Gasteiger partial charge is 0.129 e. The molecule has 0 fully saturated rings. The van der Waals surface area contributed by atoms with E-state index >= 15 is 0 Å². The SMILES string of the molecule is C=C(C)CC(O)(Cc1ccc(F)cc1F)[C@@H](O)[C@@](O)(Cc1ccc(F)cc1F)[C@H](O)[C@@H](O)CO. The van der Waals surface area contributed by atoms with Crippen molar-refractivity contribution in [1.82, 2.24) is 0 Å².